The number of rotatable bonds is 2. The molecule has 144 valence electrons. The van der Waals surface area contributed by atoms with Crippen LogP contribution in [0.3, 0.4) is 0 Å². The lowest BCUT2D eigenvalue weighted by atomic mass is 9.90. The minimum atomic E-state index is -4.02. The van der Waals surface area contributed by atoms with E-state index in [2.05, 4.69) is 35.8 Å². The predicted octanol–water partition coefficient (Wildman–Crippen LogP) is 4.92. The molecule has 0 radical (unpaired) electrons. The summed E-state index contributed by atoms with van der Waals surface area (Å²) in [6.45, 7) is 6.40. The molecule has 4 rings (SSSR count). The summed E-state index contributed by atoms with van der Waals surface area (Å²) < 4.78 is 31.0. The van der Waals surface area contributed by atoms with Crippen LogP contribution < -0.4 is 5.32 Å². The van der Waals surface area contributed by atoms with Crippen molar-refractivity contribution in [1.29, 1.82) is 0 Å². The number of aryl methyl sites for hydroxylation is 2. The van der Waals surface area contributed by atoms with Gasteiger partial charge in [0, 0.05) is 4.70 Å². The third-order valence-electron chi connectivity index (χ3n) is 4.92. The number of nitrogens with one attached hydrogen (secondary N) is 1. The zero-order valence-corrected chi connectivity index (χ0v) is 17.2. The highest BCUT2D eigenvalue weighted by Crippen LogP contribution is 2.36. The second-order valence-electron chi connectivity index (χ2n) is 6.96. The predicted molar refractivity (Wildman–Crippen MR) is 112 cm³/mol. The molecule has 0 bridgehead atoms. The number of hydrogen-bond acceptors (Lipinski definition) is 4. The van der Waals surface area contributed by atoms with Crippen molar-refractivity contribution in [3.8, 4) is 0 Å². The summed E-state index contributed by atoms with van der Waals surface area (Å²) in [5, 5.41) is 7.32. The fourth-order valence-electron chi connectivity index (χ4n) is 3.38. The molecule has 0 unspecified atom stereocenters. The molecule has 1 fully saturated rings. The van der Waals surface area contributed by atoms with E-state index in [0.717, 1.165) is 11.5 Å². The van der Waals surface area contributed by atoms with Crippen molar-refractivity contribution in [2.75, 3.05) is 13.1 Å². The van der Waals surface area contributed by atoms with Crippen LogP contribution in [0.1, 0.15) is 35.4 Å². The van der Waals surface area contributed by atoms with Gasteiger partial charge in [-0.2, -0.15) is 8.42 Å². The molecule has 6 heteroatoms. The molecular weight excluding hydrogens is 378 g/mol. The summed E-state index contributed by atoms with van der Waals surface area (Å²) >= 11 is 1.91. The Morgan fingerprint density at radius 2 is 1.70 bits per heavy atom. The average molecular weight is 404 g/mol. The Bertz CT molecular complexity index is 1000. The van der Waals surface area contributed by atoms with Gasteiger partial charge in [-0.1, -0.05) is 35.9 Å². The quantitative estimate of drug-likeness (QED) is 0.596. The largest absolute Gasteiger partial charge is 0.317 e. The number of benzene rings is 2. The van der Waals surface area contributed by atoms with E-state index >= 15 is 0 Å². The zero-order valence-electron chi connectivity index (χ0n) is 15.6. The molecule has 0 aliphatic carbocycles. The molecule has 0 saturated carbocycles. The molecule has 1 saturated heterocycles. The Morgan fingerprint density at radius 3 is 2.33 bits per heavy atom. The smallest absolute Gasteiger partial charge is 0.294 e. The number of piperidine rings is 1. The van der Waals surface area contributed by atoms with Gasteiger partial charge in [-0.25, -0.2) is 0 Å². The monoisotopic (exact) mass is 403 g/mol. The molecule has 1 aliphatic heterocycles. The van der Waals surface area contributed by atoms with Crippen LogP contribution in [0.2, 0.25) is 0 Å². The van der Waals surface area contributed by atoms with Crippen molar-refractivity contribution in [3.05, 3.63) is 64.5 Å². The molecule has 27 heavy (non-hydrogen) atoms. The van der Waals surface area contributed by atoms with Gasteiger partial charge in [-0.3, -0.25) is 4.55 Å². The van der Waals surface area contributed by atoms with Crippen molar-refractivity contribution in [3.63, 3.8) is 0 Å². The minimum absolute atomic E-state index is 0.0666. The summed E-state index contributed by atoms with van der Waals surface area (Å²) in [5.41, 5.74) is 3.96. The first kappa shape index (κ1) is 20.0. The molecule has 2 aromatic carbocycles. The van der Waals surface area contributed by atoms with Gasteiger partial charge in [0.15, 0.2) is 0 Å². The van der Waals surface area contributed by atoms with E-state index in [1.54, 1.807) is 17.7 Å². The van der Waals surface area contributed by atoms with Gasteiger partial charge < -0.3 is 5.32 Å². The topological polar surface area (TPSA) is 66.4 Å². The fourth-order valence-corrected chi connectivity index (χ4v) is 4.99. The van der Waals surface area contributed by atoms with Gasteiger partial charge in [-0.15, -0.1) is 11.3 Å². The Labute approximate surface area is 165 Å². The number of thiophene rings is 1. The summed E-state index contributed by atoms with van der Waals surface area (Å²) in [4.78, 5) is -0.0666. The molecule has 0 spiro atoms. The van der Waals surface area contributed by atoms with Crippen LogP contribution in [-0.4, -0.2) is 26.1 Å². The Balaban J connectivity index is 0.000000168. The fraction of sp³-hybridized carbons (Fsp3) is 0.333. The van der Waals surface area contributed by atoms with E-state index in [1.807, 2.05) is 18.3 Å². The first-order valence-electron chi connectivity index (χ1n) is 9.08. The maximum absolute atomic E-state index is 10.5. The maximum Gasteiger partial charge on any atom is 0.294 e. The Hall–Kier alpha value is -1.73. The Kier molecular flexibility index (Phi) is 6.32. The van der Waals surface area contributed by atoms with Crippen LogP contribution in [0.4, 0.5) is 0 Å². The lowest BCUT2D eigenvalue weighted by molar-refractivity contribution is 0.463. The first-order chi connectivity index (χ1) is 12.9. The van der Waals surface area contributed by atoms with Crippen molar-refractivity contribution in [2.24, 2.45) is 0 Å². The van der Waals surface area contributed by atoms with Crippen LogP contribution in [-0.2, 0) is 10.1 Å². The van der Waals surface area contributed by atoms with E-state index in [-0.39, 0.29) is 4.90 Å². The van der Waals surface area contributed by atoms with Crippen molar-refractivity contribution < 1.29 is 13.0 Å². The van der Waals surface area contributed by atoms with Crippen LogP contribution >= 0.6 is 11.3 Å². The number of fused-ring (bicyclic) bond motifs is 1. The highest BCUT2D eigenvalue weighted by Gasteiger charge is 2.18. The molecule has 4 nitrogen and oxygen atoms in total. The Morgan fingerprint density at radius 1 is 1.04 bits per heavy atom. The van der Waals surface area contributed by atoms with Gasteiger partial charge >= 0.3 is 0 Å². The lowest BCUT2D eigenvalue weighted by Gasteiger charge is -2.22. The minimum Gasteiger partial charge on any atom is -0.317 e. The molecule has 1 aromatic heterocycles. The van der Waals surface area contributed by atoms with E-state index in [0.29, 0.717) is 0 Å². The van der Waals surface area contributed by atoms with Gasteiger partial charge in [0.2, 0.25) is 0 Å². The summed E-state index contributed by atoms with van der Waals surface area (Å²) in [5.74, 6) is 0.775. The summed E-state index contributed by atoms with van der Waals surface area (Å²) in [6, 6.07) is 12.7. The van der Waals surface area contributed by atoms with Gasteiger partial charge in [0.1, 0.15) is 0 Å². The van der Waals surface area contributed by atoms with Crippen molar-refractivity contribution >= 4 is 31.5 Å². The third kappa shape index (κ3) is 4.96. The normalized spacial score (nSPS) is 15.4. The van der Waals surface area contributed by atoms with E-state index in [9.17, 15) is 8.42 Å². The van der Waals surface area contributed by atoms with Crippen LogP contribution in [0.25, 0.3) is 10.1 Å². The number of hydrogen-bond donors (Lipinski definition) is 2. The molecule has 3 aromatic rings. The third-order valence-corrected chi connectivity index (χ3v) is 6.94. The van der Waals surface area contributed by atoms with E-state index in [4.69, 9.17) is 4.55 Å². The molecule has 0 atom stereocenters. The van der Waals surface area contributed by atoms with Gasteiger partial charge in [0.25, 0.3) is 10.1 Å². The molecule has 1 aliphatic rings. The maximum atomic E-state index is 10.5. The summed E-state index contributed by atoms with van der Waals surface area (Å²) in [7, 11) is -4.02. The highest BCUT2D eigenvalue weighted by molar-refractivity contribution is 7.85. The second kappa shape index (κ2) is 8.52. The van der Waals surface area contributed by atoms with E-state index in [1.165, 1.54) is 53.7 Å². The highest BCUT2D eigenvalue weighted by atomic mass is 32.2. The van der Waals surface area contributed by atoms with Crippen molar-refractivity contribution in [2.45, 2.75) is 37.5 Å². The standard InChI is InChI=1S/C14H17NS.C7H8O3S/c1-10-3-2-4-12-13(9-16-14(10)12)11-5-7-15-8-6-11;1-6-2-4-7(5-3-6)11(8,9)10/h2-4,9,11,15H,5-8H2,1H3;2-5H,1H3,(H,8,9,10). The van der Waals surface area contributed by atoms with Crippen molar-refractivity contribution in [1.82, 2.24) is 5.32 Å². The molecule has 2 heterocycles. The zero-order chi connectivity index (χ0) is 19.4. The van der Waals surface area contributed by atoms with Gasteiger partial charge in [0.05, 0.1) is 4.90 Å². The summed E-state index contributed by atoms with van der Waals surface area (Å²) in [6.07, 6.45) is 2.58. The first-order valence-corrected chi connectivity index (χ1v) is 11.4. The second-order valence-corrected chi connectivity index (χ2v) is 9.26. The van der Waals surface area contributed by atoms with Gasteiger partial charge in [-0.05, 0) is 79.7 Å². The van der Waals surface area contributed by atoms with Crippen LogP contribution in [0.5, 0.6) is 0 Å². The lowest BCUT2D eigenvalue weighted by Crippen LogP contribution is -2.26. The van der Waals surface area contributed by atoms with Crippen LogP contribution in [0, 0.1) is 13.8 Å². The van der Waals surface area contributed by atoms with Crippen LogP contribution in [0.15, 0.2) is 52.7 Å². The molecular formula is C21H25NO3S2. The molecule has 0 amide bonds. The molecule has 2 N–H and O–H groups in total. The van der Waals surface area contributed by atoms with E-state index < -0.39 is 10.1 Å². The SMILES string of the molecule is Cc1ccc(S(=O)(=O)O)cc1.Cc1cccc2c(C3CCNCC3)csc12. The average Bonchev–Trinajstić information content (AvgIpc) is 3.08.